The van der Waals surface area contributed by atoms with Gasteiger partial charge in [-0.1, -0.05) is 12.1 Å². The molecular weight excluding hydrogens is 374 g/mol. The van der Waals surface area contributed by atoms with E-state index in [1.54, 1.807) is 12.1 Å². The Bertz CT molecular complexity index is 925. The van der Waals surface area contributed by atoms with Gasteiger partial charge in [-0.05, 0) is 53.7 Å². The van der Waals surface area contributed by atoms with E-state index in [2.05, 4.69) is 9.73 Å². The number of amides is 1. The van der Waals surface area contributed by atoms with Crippen LogP contribution in [0.2, 0.25) is 0 Å². The highest BCUT2D eigenvalue weighted by Crippen LogP contribution is 2.34. The minimum atomic E-state index is -0.657. The van der Waals surface area contributed by atoms with E-state index in [0.29, 0.717) is 16.4 Å². The van der Waals surface area contributed by atoms with Gasteiger partial charge in [-0.15, -0.1) is 0 Å². The normalized spacial score (nSPS) is 17.0. The Labute approximate surface area is 158 Å². The summed E-state index contributed by atoms with van der Waals surface area (Å²) in [5.41, 5.74) is 1.14. The van der Waals surface area contributed by atoms with E-state index in [-0.39, 0.29) is 17.3 Å². The lowest BCUT2D eigenvalue weighted by Gasteiger charge is -2.15. The predicted octanol–water partition coefficient (Wildman–Crippen LogP) is 3.78. The SMILES string of the molecule is COC(=O)/C=C1\SC(=Nc2ccc(F)cc2)N(Cc2ccc(F)cc2)C1=O. The fraction of sp³-hybridized carbons (Fsp3) is 0.105. The molecule has 1 amide bonds. The van der Waals surface area contributed by atoms with Crippen LogP contribution in [0.3, 0.4) is 0 Å². The molecule has 138 valence electrons. The average Bonchev–Trinajstić information content (AvgIpc) is 2.94. The van der Waals surface area contributed by atoms with E-state index < -0.39 is 17.7 Å². The zero-order valence-electron chi connectivity index (χ0n) is 14.2. The van der Waals surface area contributed by atoms with Gasteiger partial charge in [0.05, 0.1) is 24.2 Å². The lowest BCUT2D eigenvalue weighted by atomic mass is 10.2. The Hall–Kier alpha value is -3.00. The van der Waals surface area contributed by atoms with E-state index in [1.807, 2.05) is 0 Å². The molecule has 0 saturated carbocycles. The Balaban J connectivity index is 1.94. The molecule has 0 radical (unpaired) electrons. The molecule has 5 nitrogen and oxygen atoms in total. The van der Waals surface area contributed by atoms with Crippen molar-refractivity contribution in [3.63, 3.8) is 0 Å². The summed E-state index contributed by atoms with van der Waals surface area (Å²) in [6, 6.07) is 11.2. The summed E-state index contributed by atoms with van der Waals surface area (Å²) in [7, 11) is 1.22. The predicted molar refractivity (Wildman–Crippen MR) is 98.1 cm³/mol. The minimum absolute atomic E-state index is 0.144. The van der Waals surface area contributed by atoms with Gasteiger partial charge in [-0.3, -0.25) is 9.69 Å². The van der Waals surface area contributed by atoms with E-state index in [1.165, 1.54) is 48.4 Å². The maximum atomic E-state index is 13.1. The number of methoxy groups -OCH3 is 1. The van der Waals surface area contributed by atoms with Crippen molar-refractivity contribution in [3.05, 3.63) is 76.7 Å². The number of hydrogen-bond donors (Lipinski definition) is 0. The van der Waals surface area contributed by atoms with Crippen molar-refractivity contribution in [1.29, 1.82) is 0 Å². The number of benzene rings is 2. The maximum absolute atomic E-state index is 13.1. The second-order valence-corrected chi connectivity index (χ2v) is 6.53. The monoisotopic (exact) mass is 388 g/mol. The number of aliphatic imine (C=N–C) groups is 1. The molecule has 0 aliphatic carbocycles. The van der Waals surface area contributed by atoms with E-state index >= 15 is 0 Å². The van der Waals surface area contributed by atoms with Crippen LogP contribution in [0.25, 0.3) is 0 Å². The van der Waals surface area contributed by atoms with E-state index in [9.17, 15) is 18.4 Å². The average molecular weight is 388 g/mol. The Morgan fingerprint density at radius 3 is 2.30 bits per heavy atom. The molecule has 0 atom stereocenters. The van der Waals surface area contributed by atoms with Gasteiger partial charge < -0.3 is 4.74 Å². The number of nitrogens with zero attached hydrogens (tertiary/aromatic N) is 2. The summed E-state index contributed by atoms with van der Waals surface area (Å²) in [6.07, 6.45) is 1.10. The largest absolute Gasteiger partial charge is 0.466 e. The topological polar surface area (TPSA) is 59.0 Å². The molecule has 1 saturated heterocycles. The van der Waals surface area contributed by atoms with Gasteiger partial charge in [-0.25, -0.2) is 18.6 Å². The first-order valence-corrected chi connectivity index (χ1v) is 8.66. The molecule has 3 rings (SSSR count). The molecule has 1 aliphatic rings. The van der Waals surface area contributed by atoms with Crippen LogP contribution in [0.15, 0.2) is 64.5 Å². The van der Waals surface area contributed by atoms with Crippen LogP contribution in [0, 0.1) is 11.6 Å². The summed E-state index contributed by atoms with van der Waals surface area (Å²) in [6.45, 7) is 0.144. The number of carbonyl (C=O) groups excluding carboxylic acids is 2. The zero-order chi connectivity index (χ0) is 19.4. The van der Waals surface area contributed by atoms with Crippen LogP contribution in [-0.4, -0.2) is 29.1 Å². The first-order chi connectivity index (χ1) is 13.0. The van der Waals surface area contributed by atoms with E-state index in [4.69, 9.17) is 0 Å². The van der Waals surface area contributed by atoms with Gasteiger partial charge in [0, 0.05) is 6.08 Å². The Morgan fingerprint density at radius 1 is 1.11 bits per heavy atom. The third-order valence-corrected chi connectivity index (χ3v) is 4.65. The van der Waals surface area contributed by atoms with Gasteiger partial charge in [0.15, 0.2) is 5.17 Å². The van der Waals surface area contributed by atoms with Gasteiger partial charge >= 0.3 is 5.97 Å². The molecule has 8 heteroatoms. The summed E-state index contributed by atoms with van der Waals surface area (Å²) >= 11 is 1.01. The highest BCUT2D eigenvalue weighted by Gasteiger charge is 2.34. The molecule has 27 heavy (non-hydrogen) atoms. The molecule has 0 unspecified atom stereocenters. The summed E-state index contributed by atoms with van der Waals surface area (Å²) in [4.78, 5) is 30.1. The highest BCUT2D eigenvalue weighted by molar-refractivity contribution is 8.18. The van der Waals surface area contributed by atoms with Crippen molar-refractivity contribution < 1.29 is 23.1 Å². The molecule has 0 spiro atoms. The molecule has 1 heterocycles. The van der Waals surface area contributed by atoms with Crippen molar-refractivity contribution in [1.82, 2.24) is 4.90 Å². The second kappa shape index (κ2) is 8.13. The number of amidine groups is 1. The molecule has 2 aromatic carbocycles. The van der Waals surface area contributed by atoms with Crippen LogP contribution < -0.4 is 0 Å². The fourth-order valence-corrected chi connectivity index (χ4v) is 3.25. The van der Waals surface area contributed by atoms with Gasteiger partial charge in [-0.2, -0.15) is 0 Å². The quantitative estimate of drug-likeness (QED) is 0.591. The van der Waals surface area contributed by atoms with Crippen molar-refractivity contribution in [2.24, 2.45) is 4.99 Å². The highest BCUT2D eigenvalue weighted by atomic mass is 32.2. The number of thioether (sulfide) groups is 1. The molecule has 1 aliphatic heterocycles. The van der Waals surface area contributed by atoms with Crippen molar-refractivity contribution in [2.75, 3.05) is 7.11 Å². The van der Waals surface area contributed by atoms with Crippen LogP contribution in [0.4, 0.5) is 14.5 Å². The maximum Gasteiger partial charge on any atom is 0.331 e. The van der Waals surface area contributed by atoms with Gasteiger partial charge in [0.1, 0.15) is 11.6 Å². The molecule has 0 bridgehead atoms. The Kier molecular flexibility index (Phi) is 5.66. The second-order valence-electron chi connectivity index (χ2n) is 5.52. The third kappa shape index (κ3) is 4.59. The van der Waals surface area contributed by atoms with Crippen LogP contribution >= 0.6 is 11.8 Å². The minimum Gasteiger partial charge on any atom is -0.466 e. The number of hydrogen-bond acceptors (Lipinski definition) is 5. The summed E-state index contributed by atoms with van der Waals surface area (Å²) < 4.78 is 30.8. The standard InChI is InChI=1S/C19H14F2N2O3S/c1-26-17(24)10-16-18(25)23(11-12-2-4-13(20)5-3-12)19(27-16)22-15-8-6-14(21)7-9-15/h2-10H,11H2,1H3/b16-10-,22-19?. The molecule has 2 aromatic rings. The first kappa shape index (κ1) is 18.8. The van der Waals surface area contributed by atoms with Gasteiger partial charge in [0.2, 0.25) is 0 Å². The third-order valence-electron chi connectivity index (χ3n) is 3.64. The number of esters is 1. The van der Waals surface area contributed by atoms with Gasteiger partial charge in [0.25, 0.3) is 5.91 Å². The van der Waals surface area contributed by atoms with Crippen molar-refractivity contribution >= 4 is 34.5 Å². The van der Waals surface area contributed by atoms with Crippen LogP contribution in [0.5, 0.6) is 0 Å². The smallest absolute Gasteiger partial charge is 0.331 e. The zero-order valence-corrected chi connectivity index (χ0v) is 15.0. The lowest BCUT2D eigenvalue weighted by Crippen LogP contribution is -2.28. The summed E-state index contributed by atoms with van der Waals surface area (Å²) in [5, 5.41) is 0.325. The molecule has 0 aromatic heterocycles. The molecule has 0 N–H and O–H groups in total. The van der Waals surface area contributed by atoms with Crippen LogP contribution in [-0.2, 0) is 20.9 Å². The molecule has 1 fully saturated rings. The van der Waals surface area contributed by atoms with Crippen LogP contribution in [0.1, 0.15) is 5.56 Å². The number of halogens is 2. The lowest BCUT2D eigenvalue weighted by molar-refractivity contribution is -0.135. The first-order valence-electron chi connectivity index (χ1n) is 7.84. The number of ether oxygens (including phenoxy) is 1. The Morgan fingerprint density at radius 2 is 1.70 bits per heavy atom. The molecular formula is C19H14F2N2O3S. The van der Waals surface area contributed by atoms with Crippen molar-refractivity contribution in [3.8, 4) is 0 Å². The van der Waals surface area contributed by atoms with Crippen molar-refractivity contribution in [2.45, 2.75) is 6.54 Å². The summed E-state index contributed by atoms with van der Waals surface area (Å²) in [5.74, 6) is -1.86. The number of carbonyl (C=O) groups is 2. The fourth-order valence-electron chi connectivity index (χ4n) is 2.30. The number of rotatable bonds is 4. The van der Waals surface area contributed by atoms with E-state index in [0.717, 1.165) is 17.8 Å².